The van der Waals surface area contributed by atoms with Crippen LogP contribution in [0.5, 0.6) is 5.75 Å². The van der Waals surface area contributed by atoms with E-state index in [9.17, 15) is 4.79 Å². The first kappa shape index (κ1) is 18.6. The average molecular weight is 374 g/mol. The summed E-state index contributed by atoms with van der Waals surface area (Å²) in [5, 5.41) is 3.08. The lowest BCUT2D eigenvalue weighted by atomic mass is 10.00. The molecule has 144 valence electrons. The SMILES string of the molecule is C#CCN1CCCCC1C(=O)NCc1ccc(-c2ccc3c(c2)CCO3)cc1. The standard InChI is InChI=1S/C24H26N2O2/c1-2-13-26-14-4-3-5-22(26)24(27)25-17-18-6-8-19(9-7-18)20-10-11-23-21(16-20)12-15-28-23/h1,6-11,16,22H,3-5,12-15,17H2,(H,25,27). The van der Waals surface area contributed by atoms with Crippen molar-refractivity contribution in [3.05, 3.63) is 53.6 Å². The van der Waals surface area contributed by atoms with E-state index in [2.05, 4.69) is 58.6 Å². The third-order valence-corrected chi connectivity index (χ3v) is 5.65. The monoisotopic (exact) mass is 374 g/mol. The Balaban J connectivity index is 1.37. The lowest BCUT2D eigenvalue weighted by Crippen LogP contribution is -2.49. The molecule has 0 spiro atoms. The number of fused-ring (bicyclic) bond motifs is 1. The molecule has 1 amide bonds. The molecule has 4 nitrogen and oxygen atoms in total. The molecule has 2 aliphatic rings. The molecule has 28 heavy (non-hydrogen) atoms. The zero-order chi connectivity index (χ0) is 19.3. The van der Waals surface area contributed by atoms with Crippen LogP contribution < -0.4 is 10.1 Å². The van der Waals surface area contributed by atoms with Crippen molar-refractivity contribution in [2.45, 2.75) is 38.3 Å². The van der Waals surface area contributed by atoms with Crippen LogP contribution in [0.4, 0.5) is 0 Å². The van der Waals surface area contributed by atoms with Crippen LogP contribution in [0.15, 0.2) is 42.5 Å². The van der Waals surface area contributed by atoms with E-state index in [1.165, 1.54) is 16.7 Å². The highest BCUT2D eigenvalue weighted by Crippen LogP contribution is 2.30. The number of piperidine rings is 1. The molecule has 0 aliphatic carbocycles. The molecule has 0 saturated carbocycles. The van der Waals surface area contributed by atoms with Gasteiger partial charge in [-0.1, -0.05) is 42.7 Å². The van der Waals surface area contributed by atoms with Crippen molar-refractivity contribution in [1.82, 2.24) is 10.2 Å². The number of nitrogens with zero attached hydrogens (tertiary/aromatic N) is 1. The molecule has 0 bridgehead atoms. The molecule has 2 aromatic carbocycles. The number of carbonyl (C=O) groups is 1. The van der Waals surface area contributed by atoms with Crippen molar-refractivity contribution < 1.29 is 9.53 Å². The van der Waals surface area contributed by atoms with Gasteiger partial charge in [-0.2, -0.15) is 0 Å². The second kappa shape index (κ2) is 8.50. The Morgan fingerprint density at radius 1 is 1.18 bits per heavy atom. The number of nitrogens with one attached hydrogen (secondary N) is 1. The van der Waals surface area contributed by atoms with E-state index in [1.807, 2.05) is 0 Å². The summed E-state index contributed by atoms with van der Waals surface area (Å²) in [5.74, 6) is 3.76. The fourth-order valence-electron chi connectivity index (χ4n) is 4.08. The van der Waals surface area contributed by atoms with Crippen LogP contribution in [0.3, 0.4) is 0 Å². The Morgan fingerprint density at radius 2 is 2.00 bits per heavy atom. The smallest absolute Gasteiger partial charge is 0.237 e. The van der Waals surface area contributed by atoms with Crippen molar-refractivity contribution >= 4 is 5.91 Å². The highest BCUT2D eigenvalue weighted by Gasteiger charge is 2.27. The molecular formula is C24H26N2O2. The largest absolute Gasteiger partial charge is 0.493 e. The Labute approximate surface area is 166 Å². The predicted octanol–water partition coefficient (Wildman–Crippen LogP) is 3.39. The third-order valence-electron chi connectivity index (χ3n) is 5.65. The van der Waals surface area contributed by atoms with E-state index in [4.69, 9.17) is 11.2 Å². The first-order valence-electron chi connectivity index (χ1n) is 10.0. The zero-order valence-electron chi connectivity index (χ0n) is 16.1. The number of likely N-dealkylation sites (tertiary alicyclic amines) is 1. The number of amides is 1. The molecule has 4 heteroatoms. The maximum absolute atomic E-state index is 12.6. The minimum absolute atomic E-state index is 0.0812. The minimum atomic E-state index is -0.0993. The van der Waals surface area contributed by atoms with Gasteiger partial charge in [-0.25, -0.2) is 0 Å². The number of terminal acetylenes is 1. The molecule has 2 aliphatic heterocycles. The topological polar surface area (TPSA) is 41.6 Å². The minimum Gasteiger partial charge on any atom is -0.493 e. The van der Waals surface area contributed by atoms with Crippen LogP contribution in [0.2, 0.25) is 0 Å². The maximum atomic E-state index is 12.6. The van der Waals surface area contributed by atoms with E-state index in [0.717, 1.165) is 50.1 Å². The first-order valence-corrected chi connectivity index (χ1v) is 10.0. The maximum Gasteiger partial charge on any atom is 0.237 e. The normalized spacial score (nSPS) is 18.8. The Bertz CT molecular complexity index is 882. The van der Waals surface area contributed by atoms with Gasteiger partial charge in [0.1, 0.15) is 5.75 Å². The number of rotatable bonds is 5. The summed E-state index contributed by atoms with van der Waals surface area (Å²) in [6.07, 6.45) is 9.51. The molecular weight excluding hydrogens is 348 g/mol. The summed E-state index contributed by atoms with van der Waals surface area (Å²) in [6, 6.07) is 14.7. The molecule has 1 N–H and O–H groups in total. The zero-order valence-corrected chi connectivity index (χ0v) is 16.1. The van der Waals surface area contributed by atoms with Crippen molar-refractivity contribution in [2.24, 2.45) is 0 Å². The van der Waals surface area contributed by atoms with Gasteiger partial charge in [0.2, 0.25) is 5.91 Å². The van der Waals surface area contributed by atoms with Crippen LogP contribution in [-0.4, -0.2) is 36.5 Å². The fraction of sp³-hybridized carbons (Fsp3) is 0.375. The lowest BCUT2D eigenvalue weighted by Gasteiger charge is -2.33. The molecule has 1 fully saturated rings. The number of carbonyl (C=O) groups excluding carboxylic acids is 1. The average Bonchev–Trinajstić information content (AvgIpc) is 3.21. The summed E-state index contributed by atoms with van der Waals surface area (Å²) in [5.41, 5.74) is 4.75. The molecule has 4 rings (SSSR count). The number of hydrogen-bond donors (Lipinski definition) is 1. The van der Waals surface area contributed by atoms with Gasteiger partial charge in [0, 0.05) is 13.0 Å². The van der Waals surface area contributed by atoms with Gasteiger partial charge >= 0.3 is 0 Å². The van der Waals surface area contributed by atoms with Crippen molar-refractivity contribution in [3.8, 4) is 29.2 Å². The molecule has 2 heterocycles. The van der Waals surface area contributed by atoms with E-state index in [1.54, 1.807) is 0 Å². The summed E-state index contributed by atoms with van der Waals surface area (Å²) < 4.78 is 5.58. The Kier molecular flexibility index (Phi) is 5.64. The van der Waals surface area contributed by atoms with Crippen molar-refractivity contribution in [2.75, 3.05) is 19.7 Å². The van der Waals surface area contributed by atoms with Crippen LogP contribution in [-0.2, 0) is 17.8 Å². The van der Waals surface area contributed by atoms with E-state index < -0.39 is 0 Å². The lowest BCUT2D eigenvalue weighted by molar-refractivity contribution is -0.127. The van der Waals surface area contributed by atoms with Crippen LogP contribution in [0, 0.1) is 12.3 Å². The molecule has 2 aromatic rings. The highest BCUT2D eigenvalue weighted by molar-refractivity contribution is 5.81. The Morgan fingerprint density at radius 3 is 2.82 bits per heavy atom. The number of hydrogen-bond acceptors (Lipinski definition) is 3. The van der Waals surface area contributed by atoms with Gasteiger partial charge < -0.3 is 10.1 Å². The molecule has 1 unspecified atom stereocenters. The quantitative estimate of drug-likeness (QED) is 0.816. The predicted molar refractivity (Wildman–Crippen MR) is 111 cm³/mol. The second-order valence-electron chi connectivity index (χ2n) is 7.52. The molecule has 1 atom stereocenters. The van der Waals surface area contributed by atoms with E-state index >= 15 is 0 Å². The molecule has 1 saturated heterocycles. The summed E-state index contributed by atoms with van der Waals surface area (Å²) in [7, 11) is 0. The second-order valence-corrected chi connectivity index (χ2v) is 7.52. The van der Waals surface area contributed by atoms with Gasteiger partial charge in [0.15, 0.2) is 0 Å². The van der Waals surface area contributed by atoms with Gasteiger partial charge in [0.25, 0.3) is 0 Å². The molecule has 0 aromatic heterocycles. The van der Waals surface area contributed by atoms with Crippen molar-refractivity contribution in [3.63, 3.8) is 0 Å². The van der Waals surface area contributed by atoms with E-state index in [0.29, 0.717) is 13.1 Å². The first-order chi connectivity index (χ1) is 13.7. The van der Waals surface area contributed by atoms with Crippen LogP contribution >= 0.6 is 0 Å². The van der Waals surface area contributed by atoms with Gasteiger partial charge in [-0.15, -0.1) is 6.42 Å². The van der Waals surface area contributed by atoms with Gasteiger partial charge in [0.05, 0.1) is 19.2 Å². The van der Waals surface area contributed by atoms with E-state index in [-0.39, 0.29) is 11.9 Å². The highest BCUT2D eigenvalue weighted by atomic mass is 16.5. The van der Waals surface area contributed by atoms with Gasteiger partial charge in [-0.3, -0.25) is 9.69 Å². The van der Waals surface area contributed by atoms with Crippen molar-refractivity contribution in [1.29, 1.82) is 0 Å². The number of ether oxygens (including phenoxy) is 1. The third kappa shape index (κ3) is 4.05. The Hall–Kier alpha value is -2.77. The molecule has 0 radical (unpaired) electrons. The summed E-state index contributed by atoms with van der Waals surface area (Å²) >= 11 is 0. The number of benzene rings is 2. The summed E-state index contributed by atoms with van der Waals surface area (Å²) in [4.78, 5) is 14.7. The van der Waals surface area contributed by atoms with Crippen LogP contribution in [0.1, 0.15) is 30.4 Å². The summed E-state index contributed by atoms with van der Waals surface area (Å²) in [6.45, 7) is 2.76. The fourth-order valence-corrected chi connectivity index (χ4v) is 4.08. The van der Waals surface area contributed by atoms with Crippen LogP contribution in [0.25, 0.3) is 11.1 Å². The van der Waals surface area contributed by atoms with Gasteiger partial charge in [-0.05, 0) is 53.8 Å².